The van der Waals surface area contributed by atoms with Crippen molar-refractivity contribution in [1.29, 1.82) is 0 Å². The van der Waals surface area contributed by atoms with Crippen LogP contribution in [0.5, 0.6) is 0 Å². The Kier molecular flexibility index (Phi) is 1.49. The van der Waals surface area contributed by atoms with Gasteiger partial charge in [0.1, 0.15) is 0 Å². The molecule has 0 saturated heterocycles. The van der Waals surface area contributed by atoms with Gasteiger partial charge in [0.2, 0.25) is 0 Å². The van der Waals surface area contributed by atoms with Crippen molar-refractivity contribution in [3.8, 4) is 0 Å². The van der Waals surface area contributed by atoms with Crippen molar-refractivity contribution in [1.82, 2.24) is 0 Å². The molecule has 0 bridgehead atoms. The van der Waals surface area contributed by atoms with Crippen LogP contribution in [0.2, 0.25) is 0 Å². The third-order valence-corrected chi connectivity index (χ3v) is 2.80. The van der Waals surface area contributed by atoms with Gasteiger partial charge in [-0.05, 0) is 30.8 Å². The van der Waals surface area contributed by atoms with E-state index in [1.807, 2.05) is 0 Å². The lowest BCUT2D eigenvalue weighted by Gasteiger charge is -2.18. The van der Waals surface area contributed by atoms with Crippen LogP contribution in [0.3, 0.4) is 0 Å². The Morgan fingerprint density at radius 1 is 1.45 bits per heavy atom. The van der Waals surface area contributed by atoms with E-state index in [2.05, 4.69) is 38.2 Å². The predicted molar refractivity (Wildman–Crippen MR) is 48.3 cm³/mol. The molecule has 0 saturated carbocycles. The summed E-state index contributed by atoms with van der Waals surface area (Å²) in [5, 5.41) is 0. The Morgan fingerprint density at radius 3 is 3.00 bits per heavy atom. The number of hydrogen-bond acceptors (Lipinski definition) is 0. The van der Waals surface area contributed by atoms with Gasteiger partial charge in [0.05, 0.1) is 0 Å². The first-order valence-corrected chi connectivity index (χ1v) is 4.34. The molecular formula is C11H14. The van der Waals surface area contributed by atoms with Gasteiger partial charge in [-0.15, -0.1) is 0 Å². The molecule has 0 N–H and O–H groups in total. The molecule has 2 atom stereocenters. The first kappa shape index (κ1) is 6.90. The van der Waals surface area contributed by atoms with Crippen LogP contribution in [0, 0.1) is 11.8 Å². The van der Waals surface area contributed by atoms with Gasteiger partial charge in [-0.2, -0.15) is 0 Å². The van der Waals surface area contributed by atoms with Crippen LogP contribution in [-0.4, -0.2) is 0 Å². The van der Waals surface area contributed by atoms with E-state index in [1.54, 1.807) is 5.57 Å². The first-order chi connectivity index (χ1) is 5.29. The summed E-state index contributed by atoms with van der Waals surface area (Å²) in [6.45, 7) is 4.54. The van der Waals surface area contributed by atoms with Gasteiger partial charge in [0.25, 0.3) is 0 Å². The van der Waals surface area contributed by atoms with Crippen molar-refractivity contribution in [2.45, 2.75) is 20.3 Å². The summed E-state index contributed by atoms with van der Waals surface area (Å²) in [6, 6.07) is 0. The Balaban J connectivity index is 2.37. The fraction of sp³-hybridized carbons (Fsp3) is 0.455. The second-order valence-electron chi connectivity index (χ2n) is 3.60. The Bertz CT molecular complexity index is 253. The van der Waals surface area contributed by atoms with Gasteiger partial charge >= 0.3 is 0 Å². The topological polar surface area (TPSA) is 0 Å². The second-order valence-corrected chi connectivity index (χ2v) is 3.60. The summed E-state index contributed by atoms with van der Waals surface area (Å²) in [6.07, 6.45) is 10.4. The SMILES string of the molecule is CC1=CC(C)[C@H]2CC=CC=C12. The molecule has 0 aliphatic heterocycles. The molecule has 0 amide bonds. The summed E-state index contributed by atoms with van der Waals surface area (Å²) in [4.78, 5) is 0. The third-order valence-electron chi connectivity index (χ3n) is 2.80. The van der Waals surface area contributed by atoms with Crippen LogP contribution in [0.25, 0.3) is 0 Å². The highest BCUT2D eigenvalue weighted by atomic mass is 14.3. The van der Waals surface area contributed by atoms with Gasteiger partial charge in [0, 0.05) is 0 Å². The van der Waals surface area contributed by atoms with Gasteiger partial charge in [-0.3, -0.25) is 0 Å². The van der Waals surface area contributed by atoms with Crippen LogP contribution >= 0.6 is 0 Å². The maximum absolute atomic E-state index is 2.39. The largest absolute Gasteiger partial charge is 0.0839 e. The number of allylic oxidation sites excluding steroid dienone is 6. The quantitative estimate of drug-likeness (QED) is 0.492. The molecule has 0 aromatic carbocycles. The molecule has 2 aliphatic rings. The summed E-state index contributed by atoms with van der Waals surface area (Å²) in [7, 11) is 0. The lowest BCUT2D eigenvalue weighted by atomic mass is 9.86. The van der Waals surface area contributed by atoms with Crippen LogP contribution in [0.4, 0.5) is 0 Å². The standard InChI is InChI=1S/C11H14/c1-8-7-9(2)11-6-4-3-5-10(8)11/h3-5,7,9,11H,6H2,1-2H3/t9?,11-/m1/s1. The highest BCUT2D eigenvalue weighted by Gasteiger charge is 2.26. The monoisotopic (exact) mass is 146 g/mol. The lowest BCUT2D eigenvalue weighted by molar-refractivity contribution is 0.518. The maximum Gasteiger partial charge on any atom is -0.00643 e. The maximum atomic E-state index is 2.39. The van der Waals surface area contributed by atoms with Gasteiger partial charge < -0.3 is 0 Å². The molecule has 2 rings (SSSR count). The molecule has 58 valence electrons. The molecule has 0 radical (unpaired) electrons. The minimum absolute atomic E-state index is 0.756. The molecule has 0 fully saturated rings. The minimum Gasteiger partial charge on any atom is -0.0839 e. The summed E-state index contributed by atoms with van der Waals surface area (Å²) >= 11 is 0. The highest BCUT2D eigenvalue weighted by Crippen LogP contribution is 2.39. The molecule has 11 heavy (non-hydrogen) atoms. The number of fused-ring (bicyclic) bond motifs is 1. The van der Waals surface area contributed by atoms with E-state index in [4.69, 9.17) is 0 Å². The summed E-state index contributed by atoms with van der Waals surface area (Å²) < 4.78 is 0. The molecule has 0 spiro atoms. The van der Waals surface area contributed by atoms with Crippen molar-refractivity contribution in [3.63, 3.8) is 0 Å². The molecule has 2 aliphatic carbocycles. The van der Waals surface area contributed by atoms with Gasteiger partial charge in [-0.1, -0.05) is 36.8 Å². The zero-order chi connectivity index (χ0) is 7.84. The molecule has 0 nitrogen and oxygen atoms in total. The van der Waals surface area contributed by atoms with E-state index < -0.39 is 0 Å². The van der Waals surface area contributed by atoms with Crippen molar-refractivity contribution >= 4 is 0 Å². The van der Waals surface area contributed by atoms with E-state index in [0.29, 0.717) is 0 Å². The normalized spacial score (nSPS) is 34.7. The predicted octanol–water partition coefficient (Wildman–Crippen LogP) is 3.08. The smallest absolute Gasteiger partial charge is 0.00643 e. The molecule has 0 heteroatoms. The van der Waals surface area contributed by atoms with Crippen LogP contribution in [0.15, 0.2) is 35.5 Å². The average molecular weight is 146 g/mol. The van der Waals surface area contributed by atoms with E-state index in [9.17, 15) is 0 Å². The van der Waals surface area contributed by atoms with Gasteiger partial charge in [0.15, 0.2) is 0 Å². The molecule has 0 aromatic rings. The molecular weight excluding hydrogens is 132 g/mol. The van der Waals surface area contributed by atoms with Crippen LogP contribution in [0.1, 0.15) is 20.3 Å². The van der Waals surface area contributed by atoms with Crippen molar-refractivity contribution < 1.29 is 0 Å². The Labute approximate surface area is 68.3 Å². The number of rotatable bonds is 0. The fourth-order valence-corrected chi connectivity index (χ4v) is 2.18. The Morgan fingerprint density at radius 2 is 2.27 bits per heavy atom. The van der Waals surface area contributed by atoms with Crippen molar-refractivity contribution in [3.05, 3.63) is 35.5 Å². The molecule has 0 heterocycles. The van der Waals surface area contributed by atoms with Crippen LogP contribution < -0.4 is 0 Å². The van der Waals surface area contributed by atoms with E-state index in [-0.39, 0.29) is 0 Å². The third kappa shape index (κ3) is 0.973. The first-order valence-electron chi connectivity index (χ1n) is 4.34. The number of hydrogen-bond donors (Lipinski definition) is 0. The van der Waals surface area contributed by atoms with Crippen molar-refractivity contribution in [2.24, 2.45) is 11.8 Å². The van der Waals surface area contributed by atoms with Crippen LogP contribution in [-0.2, 0) is 0 Å². The average Bonchev–Trinajstić information content (AvgIpc) is 2.30. The molecule has 1 unspecified atom stereocenters. The zero-order valence-corrected chi connectivity index (χ0v) is 7.17. The minimum atomic E-state index is 0.756. The van der Waals surface area contributed by atoms with E-state index in [1.165, 1.54) is 12.0 Å². The lowest BCUT2D eigenvalue weighted by Crippen LogP contribution is -2.07. The van der Waals surface area contributed by atoms with Gasteiger partial charge in [-0.25, -0.2) is 0 Å². The summed E-state index contributed by atoms with van der Waals surface area (Å²) in [5.74, 6) is 1.55. The summed E-state index contributed by atoms with van der Waals surface area (Å²) in [5.41, 5.74) is 3.06. The molecule has 0 aromatic heterocycles. The van der Waals surface area contributed by atoms with Crippen molar-refractivity contribution in [2.75, 3.05) is 0 Å². The van der Waals surface area contributed by atoms with E-state index in [0.717, 1.165) is 11.8 Å². The second kappa shape index (κ2) is 2.37. The zero-order valence-electron chi connectivity index (χ0n) is 7.17. The fourth-order valence-electron chi connectivity index (χ4n) is 2.18. The Hall–Kier alpha value is -0.780. The highest BCUT2D eigenvalue weighted by molar-refractivity contribution is 5.42. The van der Waals surface area contributed by atoms with E-state index >= 15 is 0 Å².